The number of nitriles is 1. The Morgan fingerprint density at radius 1 is 1.46 bits per heavy atom. The first kappa shape index (κ1) is 19.1. The lowest BCUT2D eigenvalue weighted by molar-refractivity contribution is 0.0219. The van der Waals surface area contributed by atoms with E-state index in [-0.39, 0.29) is 11.9 Å². The Bertz CT molecular complexity index is 861. The molecule has 1 saturated heterocycles. The van der Waals surface area contributed by atoms with E-state index in [4.69, 9.17) is 14.4 Å². The summed E-state index contributed by atoms with van der Waals surface area (Å²) in [5.41, 5.74) is 0.122. The van der Waals surface area contributed by atoms with Crippen LogP contribution >= 0.6 is 27.7 Å². The molecule has 0 unspecified atom stereocenters. The van der Waals surface area contributed by atoms with E-state index in [0.29, 0.717) is 23.9 Å². The molecular weight excluding hydrogens is 418 g/mol. The van der Waals surface area contributed by atoms with Crippen LogP contribution in [0.1, 0.15) is 39.4 Å². The van der Waals surface area contributed by atoms with Crippen LogP contribution in [0.2, 0.25) is 0 Å². The number of hydrogen-bond donors (Lipinski definition) is 0. The Kier molecular flexibility index (Phi) is 5.49. The van der Waals surface area contributed by atoms with Crippen molar-refractivity contribution >= 4 is 44.8 Å². The van der Waals surface area contributed by atoms with Gasteiger partial charge in [-0.15, -0.1) is 11.8 Å². The molecule has 0 atom stereocenters. The summed E-state index contributed by atoms with van der Waals surface area (Å²) in [4.78, 5) is 18.4. The van der Waals surface area contributed by atoms with Crippen molar-refractivity contribution < 1.29 is 13.9 Å². The zero-order chi connectivity index (χ0) is 18.9. The second-order valence-corrected chi connectivity index (χ2v) is 9.24. The van der Waals surface area contributed by atoms with Gasteiger partial charge in [-0.2, -0.15) is 5.26 Å². The number of carbonyl (C=O) groups is 1. The number of pyridine rings is 1. The third kappa shape index (κ3) is 4.33. The van der Waals surface area contributed by atoms with Crippen molar-refractivity contribution in [3.63, 3.8) is 0 Å². The number of fused-ring (bicyclic) bond motifs is 1. The molecule has 1 amide bonds. The molecule has 0 N–H and O–H groups in total. The second kappa shape index (κ2) is 7.49. The van der Waals surface area contributed by atoms with E-state index in [2.05, 4.69) is 20.9 Å². The molecule has 0 saturated carbocycles. The molecule has 138 valence electrons. The first-order valence-electron chi connectivity index (χ1n) is 8.39. The molecule has 1 aliphatic rings. The number of rotatable bonds is 2. The SMILES string of the molecule is CC(C)(C)OC(=O)N1CCC(Sc2ncc3oc(C#N)cc3c2Br)CC1. The predicted molar refractivity (Wildman–Crippen MR) is 103 cm³/mol. The number of likely N-dealkylation sites (tertiary alicyclic amines) is 1. The van der Waals surface area contributed by atoms with E-state index in [0.717, 1.165) is 27.7 Å². The minimum Gasteiger partial charge on any atom is -0.444 e. The highest BCUT2D eigenvalue weighted by molar-refractivity contribution is 9.10. The van der Waals surface area contributed by atoms with Crippen molar-refractivity contribution in [2.45, 2.75) is 49.5 Å². The third-order valence-electron chi connectivity index (χ3n) is 3.97. The van der Waals surface area contributed by atoms with Gasteiger partial charge in [0, 0.05) is 29.8 Å². The summed E-state index contributed by atoms with van der Waals surface area (Å²) < 4.78 is 11.7. The fourth-order valence-corrected chi connectivity index (χ4v) is 4.52. The fourth-order valence-electron chi connectivity index (χ4n) is 2.74. The van der Waals surface area contributed by atoms with E-state index >= 15 is 0 Å². The van der Waals surface area contributed by atoms with E-state index in [1.807, 2.05) is 26.8 Å². The Hall–Kier alpha value is -1.72. The van der Waals surface area contributed by atoms with E-state index < -0.39 is 5.60 Å². The van der Waals surface area contributed by atoms with Gasteiger partial charge >= 0.3 is 6.09 Å². The quantitative estimate of drug-likeness (QED) is 0.660. The molecule has 1 fully saturated rings. The van der Waals surface area contributed by atoms with Gasteiger partial charge in [0.05, 0.1) is 10.7 Å². The van der Waals surface area contributed by atoms with Crippen molar-refractivity contribution in [1.82, 2.24) is 9.88 Å². The van der Waals surface area contributed by atoms with Crippen LogP contribution in [0.25, 0.3) is 11.0 Å². The monoisotopic (exact) mass is 437 g/mol. The Balaban J connectivity index is 1.63. The van der Waals surface area contributed by atoms with Crippen molar-refractivity contribution in [2.24, 2.45) is 0 Å². The van der Waals surface area contributed by atoms with E-state index in [1.54, 1.807) is 28.9 Å². The van der Waals surface area contributed by atoms with Crippen LogP contribution in [-0.4, -0.2) is 39.9 Å². The lowest BCUT2D eigenvalue weighted by Gasteiger charge is -2.33. The standard InChI is InChI=1S/C18H20BrN3O3S/c1-18(2,3)25-17(23)22-6-4-12(5-7-22)26-16-15(19)13-8-11(9-20)24-14(13)10-21-16/h8,10,12H,4-7H2,1-3H3. The molecule has 3 heterocycles. The number of carbonyl (C=O) groups excluding carboxylic acids is 1. The minimum atomic E-state index is -0.472. The molecule has 2 aromatic heterocycles. The normalized spacial score (nSPS) is 15.9. The summed E-state index contributed by atoms with van der Waals surface area (Å²) >= 11 is 5.27. The predicted octanol–water partition coefficient (Wildman–Crippen LogP) is 4.95. The molecule has 3 rings (SSSR count). The zero-order valence-electron chi connectivity index (χ0n) is 14.9. The van der Waals surface area contributed by atoms with Crippen molar-refractivity contribution in [3.8, 4) is 6.07 Å². The molecule has 6 nitrogen and oxygen atoms in total. The Morgan fingerprint density at radius 3 is 2.77 bits per heavy atom. The molecule has 0 bridgehead atoms. The molecular formula is C18H20BrN3O3S. The number of thioether (sulfide) groups is 1. The summed E-state index contributed by atoms with van der Waals surface area (Å²) in [5, 5.41) is 11.1. The van der Waals surface area contributed by atoms with Gasteiger partial charge in [0.15, 0.2) is 5.58 Å². The largest absolute Gasteiger partial charge is 0.444 e. The van der Waals surface area contributed by atoms with Crippen LogP contribution in [-0.2, 0) is 4.74 Å². The molecule has 1 aliphatic heterocycles. The van der Waals surface area contributed by atoms with Crippen molar-refractivity contribution in [3.05, 3.63) is 22.5 Å². The number of piperidine rings is 1. The average Bonchev–Trinajstić information content (AvgIpc) is 3.01. The zero-order valence-corrected chi connectivity index (χ0v) is 17.3. The molecule has 0 aliphatic carbocycles. The summed E-state index contributed by atoms with van der Waals surface area (Å²) in [7, 11) is 0. The highest BCUT2D eigenvalue weighted by atomic mass is 79.9. The highest BCUT2D eigenvalue weighted by Gasteiger charge is 2.28. The Labute approximate surface area is 165 Å². The lowest BCUT2D eigenvalue weighted by atomic mass is 10.1. The Morgan fingerprint density at radius 2 is 2.15 bits per heavy atom. The summed E-state index contributed by atoms with van der Waals surface area (Å²) in [6.07, 6.45) is 3.17. The number of hydrogen-bond acceptors (Lipinski definition) is 6. The van der Waals surface area contributed by atoms with Crippen LogP contribution in [0.5, 0.6) is 0 Å². The highest BCUT2D eigenvalue weighted by Crippen LogP contribution is 2.38. The van der Waals surface area contributed by atoms with Crippen molar-refractivity contribution in [1.29, 1.82) is 5.26 Å². The van der Waals surface area contributed by atoms with Crippen LogP contribution in [0.15, 0.2) is 26.2 Å². The molecule has 0 radical (unpaired) electrons. The maximum Gasteiger partial charge on any atom is 0.410 e. The number of halogens is 1. The first-order chi connectivity index (χ1) is 12.3. The summed E-state index contributed by atoms with van der Waals surface area (Å²) in [5.74, 6) is 0.273. The maximum atomic E-state index is 12.2. The summed E-state index contributed by atoms with van der Waals surface area (Å²) in [6, 6.07) is 3.72. The number of ether oxygens (including phenoxy) is 1. The van der Waals surface area contributed by atoms with Crippen molar-refractivity contribution in [2.75, 3.05) is 13.1 Å². The van der Waals surface area contributed by atoms with Gasteiger partial charge in [-0.1, -0.05) is 0 Å². The topological polar surface area (TPSA) is 79.4 Å². The lowest BCUT2D eigenvalue weighted by Crippen LogP contribution is -2.42. The van der Waals surface area contributed by atoms with Crippen LogP contribution in [0, 0.1) is 11.3 Å². The molecule has 2 aromatic rings. The first-order valence-corrected chi connectivity index (χ1v) is 10.1. The summed E-state index contributed by atoms with van der Waals surface area (Å²) in [6.45, 7) is 6.98. The van der Waals surface area contributed by atoms with Gasteiger partial charge in [0.25, 0.3) is 0 Å². The van der Waals surface area contributed by atoms with E-state index in [9.17, 15) is 4.79 Å². The van der Waals surface area contributed by atoms with Crippen LogP contribution in [0.4, 0.5) is 4.79 Å². The van der Waals surface area contributed by atoms with Crippen LogP contribution in [0.3, 0.4) is 0 Å². The van der Waals surface area contributed by atoms with Gasteiger partial charge in [0.1, 0.15) is 16.7 Å². The second-order valence-electron chi connectivity index (χ2n) is 7.16. The maximum absolute atomic E-state index is 12.2. The van der Waals surface area contributed by atoms with Crippen LogP contribution < -0.4 is 0 Å². The minimum absolute atomic E-state index is 0.246. The number of nitrogens with zero attached hydrogens (tertiary/aromatic N) is 3. The number of aromatic nitrogens is 1. The van der Waals surface area contributed by atoms with Gasteiger partial charge in [0.2, 0.25) is 5.76 Å². The molecule has 0 aromatic carbocycles. The smallest absolute Gasteiger partial charge is 0.410 e. The molecule has 26 heavy (non-hydrogen) atoms. The fraction of sp³-hybridized carbons (Fsp3) is 0.500. The van der Waals surface area contributed by atoms with Gasteiger partial charge in [-0.05, 0) is 49.5 Å². The van der Waals surface area contributed by atoms with Gasteiger partial charge in [-0.3, -0.25) is 0 Å². The number of furan rings is 1. The number of amides is 1. The third-order valence-corrected chi connectivity index (χ3v) is 6.37. The van der Waals surface area contributed by atoms with E-state index in [1.165, 1.54) is 0 Å². The molecule has 0 spiro atoms. The molecule has 8 heteroatoms. The average molecular weight is 438 g/mol. The van der Waals surface area contributed by atoms with Gasteiger partial charge < -0.3 is 14.1 Å². The van der Waals surface area contributed by atoms with Gasteiger partial charge in [-0.25, -0.2) is 9.78 Å².